The van der Waals surface area contributed by atoms with Crippen LogP contribution in [-0.4, -0.2) is 4.98 Å². The third-order valence-electron chi connectivity index (χ3n) is 1.16. The quantitative estimate of drug-likeness (QED) is 0.623. The number of fused-ring (bicyclic) bond motifs is 1. The van der Waals surface area contributed by atoms with Crippen LogP contribution in [-0.2, 0) is 32.7 Å². The molecule has 0 aliphatic rings. The van der Waals surface area contributed by atoms with Crippen molar-refractivity contribution in [1.82, 2.24) is 4.98 Å². The van der Waals surface area contributed by atoms with E-state index >= 15 is 0 Å². The Morgan fingerprint density at radius 3 is 3.20 bits per heavy atom. The van der Waals surface area contributed by atoms with Crippen LogP contribution < -0.4 is 0 Å². The molecule has 0 bridgehead atoms. The van der Waals surface area contributed by atoms with E-state index in [4.69, 9.17) is 0 Å². The summed E-state index contributed by atoms with van der Waals surface area (Å²) in [6.45, 7) is 0. The van der Waals surface area contributed by atoms with Gasteiger partial charge >= 0.3 is 0 Å². The Morgan fingerprint density at radius 2 is 2.40 bits per heavy atom. The first-order valence-corrected chi connectivity index (χ1v) is 3.55. The summed E-state index contributed by atoms with van der Waals surface area (Å²) < 4.78 is 1.14. The smallest absolute Gasteiger partial charge is 0.0634 e. The van der Waals surface area contributed by atoms with E-state index in [1.165, 1.54) is 0 Å². The summed E-state index contributed by atoms with van der Waals surface area (Å²) in [6, 6.07) is 8.93. The fourth-order valence-electron chi connectivity index (χ4n) is 0.745. The maximum Gasteiger partial charge on any atom is 0.0634 e. The molecule has 0 amide bonds. The Bertz CT molecular complexity index is 288. The molecule has 3 heteroatoms. The predicted molar refractivity (Wildman–Crippen MR) is 38.5 cm³/mol. The summed E-state index contributed by atoms with van der Waals surface area (Å²) in [5, 5.41) is 0. The van der Waals surface area contributed by atoms with Crippen molar-refractivity contribution in [3.8, 4) is 0 Å². The van der Waals surface area contributed by atoms with Crippen LogP contribution in [0.2, 0.25) is 0 Å². The van der Waals surface area contributed by atoms with Gasteiger partial charge in [0.1, 0.15) is 0 Å². The Balaban J connectivity index is 0.000000500. The molecule has 1 heterocycles. The molecular formula is C7H4NSY-. The topological polar surface area (TPSA) is 12.9 Å². The zero-order valence-electron chi connectivity index (χ0n) is 5.24. The fraction of sp³-hybridized carbons (Fsp3) is 0. The van der Waals surface area contributed by atoms with Gasteiger partial charge in [-0.3, -0.25) is 0 Å². The molecule has 10 heavy (non-hydrogen) atoms. The Kier molecular flexibility index (Phi) is 2.96. The molecule has 0 fully saturated rings. The van der Waals surface area contributed by atoms with E-state index < -0.39 is 0 Å². The maximum absolute atomic E-state index is 4.11. The Hall–Kier alpha value is 0.214. The first-order chi connectivity index (χ1) is 4.47. The summed E-state index contributed by atoms with van der Waals surface area (Å²) in [4.78, 5) is 4.11. The molecule has 1 aromatic carbocycles. The van der Waals surface area contributed by atoms with Crippen molar-refractivity contribution >= 4 is 21.6 Å². The van der Waals surface area contributed by atoms with Gasteiger partial charge in [-0.15, -0.1) is 6.07 Å². The molecule has 0 spiro atoms. The first-order valence-electron chi connectivity index (χ1n) is 2.67. The zero-order chi connectivity index (χ0) is 6.10. The molecule has 0 unspecified atom stereocenters. The van der Waals surface area contributed by atoms with E-state index in [0.29, 0.717) is 0 Å². The van der Waals surface area contributed by atoms with Crippen LogP contribution in [0.15, 0.2) is 23.7 Å². The molecule has 1 nitrogen and oxygen atoms in total. The Morgan fingerprint density at radius 1 is 1.50 bits per heavy atom. The van der Waals surface area contributed by atoms with Gasteiger partial charge in [-0.1, -0.05) is 4.70 Å². The summed E-state index contributed by atoms with van der Waals surface area (Å²) in [5.41, 5.74) is 2.88. The Labute approximate surface area is 88.4 Å². The van der Waals surface area contributed by atoms with E-state index in [9.17, 15) is 0 Å². The average Bonchev–Trinajstić information content (AvgIpc) is 2.33. The van der Waals surface area contributed by atoms with Gasteiger partial charge in [0.05, 0.1) is 5.51 Å². The number of thiazole rings is 1. The SMILES string of the molecule is [Y].[c-]1cccc2ncsc12. The molecule has 0 atom stereocenters. The third kappa shape index (κ3) is 1.44. The van der Waals surface area contributed by atoms with Gasteiger partial charge in [-0.25, -0.2) is 0 Å². The van der Waals surface area contributed by atoms with Gasteiger partial charge in [-0.2, -0.15) is 29.5 Å². The first kappa shape index (κ1) is 8.31. The number of nitrogens with zero attached hydrogens (tertiary/aromatic N) is 1. The minimum Gasteiger partial charge on any atom is -0.309 e. The number of benzene rings is 1. The van der Waals surface area contributed by atoms with E-state index in [1.807, 2.05) is 23.7 Å². The normalized spacial score (nSPS) is 9.20. The van der Waals surface area contributed by atoms with Crippen molar-refractivity contribution in [2.45, 2.75) is 0 Å². The molecule has 1 radical (unpaired) electrons. The number of hydrogen-bond acceptors (Lipinski definition) is 2. The van der Waals surface area contributed by atoms with Crippen LogP contribution in [0, 0.1) is 6.07 Å². The van der Waals surface area contributed by atoms with Crippen LogP contribution in [0.25, 0.3) is 10.2 Å². The second kappa shape index (κ2) is 3.56. The van der Waals surface area contributed by atoms with E-state index in [2.05, 4.69) is 11.1 Å². The van der Waals surface area contributed by atoms with Crippen molar-refractivity contribution in [1.29, 1.82) is 0 Å². The van der Waals surface area contributed by atoms with Crippen molar-refractivity contribution in [3.05, 3.63) is 29.8 Å². The van der Waals surface area contributed by atoms with Gasteiger partial charge < -0.3 is 4.98 Å². The van der Waals surface area contributed by atoms with E-state index in [0.717, 1.165) is 10.2 Å². The predicted octanol–water partition coefficient (Wildman–Crippen LogP) is 2.09. The van der Waals surface area contributed by atoms with Crippen LogP contribution in [0.1, 0.15) is 0 Å². The second-order valence-electron chi connectivity index (χ2n) is 1.74. The second-order valence-corrected chi connectivity index (χ2v) is 2.59. The zero-order valence-corrected chi connectivity index (χ0v) is 8.90. The van der Waals surface area contributed by atoms with Crippen LogP contribution >= 0.6 is 11.3 Å². The average molecular weight is 223 g/mol. The minimum atomic E-state index is 0. The molecule has 0 saturated carbocycles. The van der Waals surface area contributed by atoms with Gasteiger partial charge in [0.2, 0.25) is 0 Å². The van der Waals surface area contributed by atoms with Gasteiger partial charge in [0, 0.05) is 32.7 Å². The summed E-state index contributed by atoms with van der Waals surface area (Å²) >= 11 is 1.62. The third-order valence-corrected chi connectivity index (χ3v) is 1.93. The van der Waals surface area contributed by atoms with Crippen molar-refractivity contribution in [2.24, 2.45) is 0 Å². The molecule has 2 aromatic rings. The summed E-state index contributed by atoms with van der Waals surface area (Å²) in [6.07, 6.45) is 0. The minimum absolute atomic E-state index is 0. The van der Waals surface area contributed by atoms with Gasteiger partial charge in [-0.05, 0) is 5.52 Å². The molecule has 47 valence electrons. The van der Waals surface area contributed by atoms with Crippen molar-refractivity contribution in [3.63, 3.8) is 0 Å². The van der Waals surface area contributed by atoms with Crippen LogP contribution in [0.3, 0.4) is 0 Å². The standard InChI is InChI=1S/C7H4NS.Y/c1-2-4-7-6(3-1)8-5-9-7;/h1-3,5H;/q-1;. The molecular weight excluding hydrogens is 219 g/mol. The monoisotopic (exact) mass is 223 g/mol. The van der Waals surface area contributed by atoms with Crippen LogP contribution in [0.4, 0.5) is 0 Å². The summed E-state index contributed by atoms with van der Waals surface area (Å²) in [5.74, 6) is 0. The molecule has 0 aliphatic carbocycles. The van der Waals surface area contributed by atoms with Crippen LogP contribution in [0.5, 0.6) is 0 Å². The largest absolute Gasteiger partial charge is 0.309 e. The summed E-state index contributed by atoms with van der Waals surface area (Å²) in [7, 11) is 0. The van der Waals surface area contributed by atoms with E-state index in [1.54, 1.807) is 11.3 Å². The van der Waals surface area contributed by atoms with Gasteiger partial charge in [0.15, 0.2) is 0 Å². The number of aromatic nitrogens is 1. The van der Waals surface area contributed by atoms with E-state index in [-0.39, 0.29) is 32.7 Å². The number of hydrogen-bond donors (Lipinski definition) is 0. The molecule has 0 N–H and O–H groups in total. The molecule has 2 rings (SSSR count). The molecule has 0 aliphatic heterocycles. The maximum atomic E-state index is 4.11. The van der Waals surface area contributed by atoms with Crippen molar-refractivity contribution in [2.75, 3.05) is 0 Å². The number of rotatable bonds is 0. The molecule has 0 saturated heterocycles. The molecule has 1 aromatic heterocycles. The van der Waals surface area contributed by atoms with Gasteiger partial charge in [0.25, 0.3) is 0 Å². The van der Waals surface area contributed by atoms with Crippen molar-refractivity contribution < 1.29 is 32.7 Å². The fourth-order valence-corrected chi connectivity index (χ4v) is 1.39.